The summed E-state index contributed by atoms with van der Waals surface area (Å²) < 4.78 is 4.84. The van der Waals surface area contributed by atoms with E-state index in [2.05, 4.69) is 0 Å². The molecule has 0 rings (SSSR count). The minimum Gasteiger partial charge on any atom is -0.462 e. The van der Waals surface area contributed by atoms with Crippen molar-refractivity contribution in [3.05, 3.63) is 0 Å². The van der Waals surface area contributed by atoms with E-state index in [1.54, 1.807) is 13.8 Å². The Bertz CT molecular complexity index is 117. The highest BCUT2D eigenvalue weighted by atomic mass is 35.5. The molecule has 0 saturated heterocycles. The van der Waals surface area contributed by atoms with E-state index in [9.17, 15) is 4.79 Å². The second kappa shape index (κ2) is 6.43. The van der Waals surface area contributed by atoms with Gasteiger partial charge in [-0.1, -0.05) is 6.92 Å². The zero-order chi connectivity index (χ0) is 8.15. The van der Waals surface area contributed by atoms with Crippen LogP contribution in [0.25, 0.3) is 0 Å². The highest BCUT2D eigenvalue weighted by Gasteiger charge is 2.12. The van der Waals surface area contributed by atoms with Crippen molar-refractivity contribution in [1.29, 1.82) is 0 Å². The molecule has 11 heavy (non-hydrogen) atoms. The Labute approximate surface area is 73.7 Å². The second-order valence-corrected chi connectivity index (χ2v) is 2.50. The Kier molecular flexibility index (Phi) is 7.79. The Morgan fingerprint density at radius 1 is 1.55 bits per heavy atom. The topological polar surface area (TPSA) is 52.3 Å². The van der Waals surface area contributed by atoms with E-state index in [0.29, 0.717) is 6.42 Å². The number of hydrogen-bond donors (Lipinski definition) is 1. The summed E-state index contributed by atoms with van der Waals surface area (Å²) in [6, 6.07) is -0.456. The van der Waals surface area contributed by atoms with Gasteiger partial charge in [-0.3, -0.25) is 4.79 Å². The molecular weight excluding hydrogens is 166 g/mol. The number of halogens is 1. The van der Waals surface area contributed by atoms with Crippen LogP contribution in [0, 0.1) is 0 Å². The second-order valence-electron chi connectivity index (χ2n) is 2.50. The van der Waals surface area contributed by atoms with Crippen molar-refractivity contribution in [3.8, 4) is 0 Å². The summed E-state index contributed by atoms with van der Waals surface area (Å²) in [5.74, 6) is -0.308. The van der Waals surface area contributed by atoms with Gasteiger partial charge in [-0.25, -0.2) is 0 Å². The zero-order valence-corrected chi connectivity index (χ0v) is 7.98. The van der Waals surface area contributed by atoms with Crippen LogP contribution < -0.4 is 5.73 Å². The average molecular weight is 182 g/mol. The van der Waals surface area contributed by atoms with Gasteiger partial charge in [-0.2, -0.15) is 0 Å². The van der Waals surface area contributed by atoms with Crippen LogP contribution in [-0.4, -0.2) is 18.1 Å². The maximum absolute atomic E-state index is 10.8. The van der Waals surface area contributed by atoms with Crippen molar-refractivity contribution < 1.29 is 9.53 Å². The van der Waals surface area contributed by atoms with Crippen LogP contribution in [0.3, 0.4) is 0 Å². The molecule has 68 valence electrons. The summed E-state index contributed by atoms with van der Waals surface area (Å²) in [6.07, 6.45) is 0.566. The third-order valence-corrected chi connectivity index (χ3v) is 1.09. The maximum atomic E-state index is 10.8. The van der Waals surface area contributed by atoms with Crippen LogP contribution in [-0.2, 0) is 9.53 Å². The molecule has 0 radical (unpaired) electrons. The molecule has 3 nitrogen and oxygen atoms in total. The molecule has 0 spiro atoms. The predicted octanol–water partition coefficient (Wildman–Crippen LogP) is 1.10. The van der Waals surface area contributed by atoms with Crippen LogP contribution in [0.1, 0.15) is 27.2 Å². The normalized spacial score (nSPS) is 12.1. The van der Waals surface area contributed by atoms with E-state index in [1.807, 2.05) is 6.92 Å². The lowest BCUT2D eigenvalue weighted by atomic mass is 10.2. The number of esters is 1. The molecule has 1 unspecified atom stereocenters. The molecule has 0 aliphatic rings. The van der Waals surface area contributed by atoms with Crippen LogP contribution in [0.5, 0.6) is 0 Å². The molecule has 0 amide bonds. The summed E-state index contributed by atoms with van der Waals surface area (Å²) in [5, 5.41) is 0. The standard InChI is InChI=1S/C7H15NO2.ClH/c1-4-6(8)7(9)10-5(2)3;/h5-6H,4,8H2,1-3H3;1H. The molecule has 2 N–H and O–H groups in total. The summed E-state index contributed by atoms with van der Waals surface area (Å²) in [6.45, 7) is 5.47. The Hall–Kier alpha value is -0.280. The molecule has 0 fully saturated rings. The van der Waals surface area contributed by atoms with Gasteiger partial charge in [-0.15, -0.1) is 12.4 Å². The van der Waals surface area contributed by atoms with Gasteiger partial charge in [0.1, 0.15) is 6.04 Å². The van der Waals surface area contributed by atoms with Crippen molar-refractivity contribution in [1.82, 2.24) is 0 Å². The van der Waals surface area contributed by atoms with E-state index in [1.165, 1.54) is 0 Å². The monoisotopic (exact) mass is 181 g/mol. The molecule has 0 aromatic heterocycles. The van der Waals surface area contributed by atoms with Crippen LogP contribution in [0.2, 0.25) is 0 Å². The van der Waals surface area contributed by atoms with Crippen molar-refractivity contribution >= 4 is 18.4 Å². The predicted molar refractivity (Wildman–Crippen MR) is 46.7 cm³/mol. The number of rotatable bonds is 3. The van der Waals surface area contributed by atoms with Crippen LogP contribution in [0.15, 0.2) is 0 Å². The Balaban J connectivity index is 0. The Morgan fingerprint density at radius 3 is 2.27 bits per heavy atom. The first-order valence-electron chi connectivity index (χ1n) is 3.54. The number of hydrogen-bond acceptors (Lipinski definition) is 3. The first-order chi connectivity index (χ1) is 4.57. The van der Waals surface area contributed by atoms with Gasteiger partial charge in [0, 0.05) is 0 Å². The van der Waals surface area contributed by atoms with Crippen molar-refractivity contribution in [2.75, 3.05) is 0 Å². The minimum absolute atomic E-state index is 0. The fourth-order valence-electron chi connectivity index (χ4n) is 0.486. The summed E-state index contributed by atoms with van der Waals surface area (Å²) in [5.41, 5.74) is 5.39. The Morgan fingerprint density at radius 2 is 2.00 bits per heavy atom. The first-order valence-corrected chi connectivity index (χ1v) is 3.54. The largest absolute Gasteiger partial charge is 0.462 e. The SMILES string of the molecule is CCC(N)C(=O)OC(C)C.Cl. The lowest BCUT2D eigenvalue weighted by molar-refractivity contribution is -0.149. The fraction of sp³-hybridized carbons (Fsp3) is 0.857. The molecule has 0 aliphatic heterocycles. The van der Waals surface area contributed by atoms with E-state index in [4.69, 9.17) is 10.5 Å². The van der Waals surface area contributed by atoms with Gasteiger partial charge in [-0.05, 0) is 20.3 Å². The summed E-state index contributed by atoms with van der Waals surface area (Å²) >= 11 is 0. The van der Waals surface area contributed by atoms with E-state index in [-0.39, 0.29) is 24.5 Å². The molecule has 0 aliphatic carbocycles. The van der Waals surface area contributed by atoms with E-state index < -0.39 is 6.04 Å². The fourth-order valence-corrected chi connectivity index (χ4v) is 0.486. The van der Waals surface area contributed by atoms with Gasteiger partial charge in [0.05, 0.1) is 6.10 Å². The molecule has 0 aromatic rings. The van der Waals surface area contributed by atoms with E-state index in [0.717, 1.165) is 0 Å². The first kappa shape index (κ1) is 13.3. The number of carbonyl (C=O) groups is 1. The molecule has 0 bridgehead atoms. The van der Waals surface area contributed by atoms with Gasteiger partial charge in [0.25, 0.3) is 0 Å². The van der Waals surface area contributed by atoms with Crippen molar-refractivity contribution in [2.45, 2.75) is 39.3 Å². The molecule has 0 heterocycles. The van der Waals surface area contributed by atoms with Gasteiger partial charge >= 0.3 is 5.97 Å². The van der Waals surface area contributed by atoms with Crippen LogP contribution in [0.4, 0.5) is 0 Å². The quantitative estimate of drug-likeness (QED) is 0.664. The molecule has 0 aromatic carbocycles. The van der Waals surface area contributed by atoms with E-state index >= 15 is 0 Å². The third kappa shape index (κ3) is 6.13. The highest BCUT2D eigenvalue weighted by molar-refractivity contribution is 5.85. The lowest BCUT2D eigenvalue weighted by Crippen LogP contribution is -2.32. The van der Waals surface area contributed by atoms with Gasteiger partial charge in [0.2, 0.25) is 0 Å². The average Bonchev–Trinajstić information content (AvgIpc) is 1.85. The van der Waals surface area contributed by atoms with Crippen molar-refractivity contribution in [2.24, 2.45) is 5.73 Å². The molecular formula is C7H16ClNO2. The zero-order valence-electron chi connectivity index (χ0n) is 7.16. The highest BCUT2D eigenvalue weighted by Crippen LogP contribution is 1.94. The summed E-state index contributed by atoms with van der Waals surface area (Å²) in [7, 11) is 0. The van der Waals surface area contributed by atoms with Crippen LogP contribution >= 0.6 is 12.4 Å². The minimum atomic E-state index is -0.456. The lowest BCUT2D eigenvalue weighted by Gasteiger charge is -2.11. The molecule has 1 atom stereocenters. The van der Waals surface area contributed by atoms with Gasteiger partial charge < -0.3 is 10.5 Å². The molecule has 4 heteroatoms. The molecule has 0 saturated carbocycles. The van der Waals surface area contributed by atoms with Crippen molar-refractivity contribution in [3.63, 3.8) is 0 Å². The number of carbonyl (C=O) groups excluding carboxylic acids is 1. The third-order valence-electron chi connectivity index (χ3n) is 1.09. The van der Waals surface area contributed by atoms with Gasteiger partial charge in [0.15, 0.2) is 0 Å². The number of ether oxygens (including phenoxy) is 1. The smallest absolute Gasteiger partial charge is 0.323 e. The summed E-state index contributed by atoms with van der Waals surface area (Å²) in [4.78, 5) is 10.8. The maximum Gasteiger partial charge on any atom is 0.323 e. The number of nitrogens with two attached hydrogens (primary N) is 1.